The number of halogens is 1. The van der Waals surface area contributed by atoms with E-state index >= 15 is 0 Å². The lowest BCUT2D eigenvalue weighted by Gasteiger charge is -2.14. The Hall–Kier alpha value is -2.26. The molecule has 0 fully saturated rings. The molecule has 0 unspecified atom stereocenters. The minimum absolute atomic E-state index is 0.0858. The Kier molecular flexibility index (Phi) is 5.91. The third kappa shape index (κ3) is 4.43. The van der Waals surface area contributed by atoms with Gasteiger partial charge in [0.1, 0.15) is 16.4 Å². The van der Waals surface area contributed by atoms with Crippen LogP contribution in [0.15, 0.2) is 45.8 Å². The summed E-state index contributed by atoms with van der Waals surface area (Å²) in [4.78, 5) is 11.4. The van der Waals surface area contributed by atoms with Gasteiger partial charge >= 0.3 is 10.1 Å². The van der Waals surface area contributed by atoms with E-state index < -0.39 is 16.0 Å². The van der Waals surface area contributed by atoms with E-state index in [4.69, 9.17) is 19.4 Å². The van der Waals surface area contributed by atoms with E-state index in [1.54, 1.807) is 13.0 Å². The monoisotopic (exact) mass is 429 g/mol. The number of rotatable bonds is 7. The number of benzene rings is 2. The number of primary amides is 1. The molecule has 0 heterocycles. The van der Waals surface area contributed by atoms with Gasteiger partial charge in [-0.25, -0.2) is 0 Å². The predicted molar refractivity (Wildman–Crippen MR) is 94.6 cm³/mol. The van der Waals surface area contributed by atoms with Gasteiger partial charge in [0.15, 0.2) is 5.75 Å². The Labute approximate surface area is 153 Å². The van der Waals surface area contributed by atoms with Gasteiger partial charge in [0.25, 0.3) is 5.91 Å². The number of carbonyl (C=O) groups excluding carboxylic acids is 1. The SMILES string of the molecule is CCOc1ccc(Br)cc1S(=O)(=O)Oc1cc(OC)ccc1C(N)=O. The third-order valence-electron chi connectivity index (χ3n) is 3.13. The number of hydrogen-bond acceptors (Lipinski definition) is 6. The Morgan fingerprint density at radius 1 is 1.16 bits per heavy atom. The number of amides is 1. The van der Waals surface area contributed by atoms with Crippen LogP contribution in [-0.2, 0) is 10.1 Å². The fourth-order valence-corrected chi connectivity index (χ4v) is 3.64. The van der Waals surface area contributed by atoms with Gasteiger partial charge in [0, 0.05) is 10.5 Å². The fourth-order valence-electron chi connectivity index (χ4n) is 2.02. The van der Waals surface area contributed by atoms with Gasteiger partial charge in [-0.2, -0.15) is 8.42 Å². The van der Waals surface area contributed by atoms with Crippen molar-refractivity contribution in [3.8, 4) is 17.2 Å². The van der Waals surface area contributed by atoms with Crippen molar-refractivity contribution in [1.82, 2.24) is 0 Å². The van der Waals surface area contributed by atoms with Crippen LogP contribution in [0.5, 0.6) is 17.2 Å². The Balaban J connectivity index is 2.53. The van der Waals surface area contributed by atoms with Crippen molar-refractivity contribution in [3.05, 3.63) is 46.4 Å². The third-order valence-corrected chi connectivity index (χ3v) is 4.88. The molecular weight excluding hydrogens is 414 g/mol. The van der Waals surface area contributed by atoms with Crippen LogP contribution in [0, 0.1) is 0 Å². The fraction of sp³-hybridized carbons (Fsp3) is 0.188. The first-order valence-electron chi connectivity index (χ1n) is 7.13. The van der Waals surface area contributed by atoms with E-state index in [1.807, 2.05) is 0 Å². The molecule has 0 bridgehead atoms. The number of ether oxygens (including phenoxy) is 2. The first kappa shape index (κ1) is 19.1. The topological polar surface area (TPSA) is 105 Å². The van der Waals surface area contributed by atoms with Gasteiger partial charge in [-0.15, -0.1) is 0 Å². The smallest absolute Gasteiger partial charge is 0.343 e. The van der Waals surface area contributed by atoms with Gasteiger partial charge < -0.3 is 19.4 Å². The van der Waals surface area contributed by atoms with Crippen molar-refractivity contribution in [1.29, 1.82) is 0 Å². The van der Waals surface area contributed by atoms with Crippen LogP contribution in [0.25, 0.3) is 0 Å². The average molecular weight is 430 g/mol. The Bertz CT molecular complexity index is 897. The molecule has 1 amide bonds. The lowest BCUT2D eigenvalue weighted by atomic mass is 10.2. The van der Waals surface area contributed by atoms with Crippen LogP contribution < -0.4 is 19.4 Å². The predicted octanol–water partition coefficient (Wildman–Crippen LogP) is 2.72. The molecule has 25 heavy (non-hydrogen) atoms. The Morgan fingerprint density at radius 3 is 2.48 bits per heavy atom. The average Bonchev–Trinajstić information content (AvgIpc) is 2.55. The number of methoxy groups -OCH3 is 1. The minimum atomic E-state index is -4.29. The molecule has 0 spiro atoms. The van der Waals surface area contributed by atoms with Crippen LogP contribution in [0.4, 0.5) is 0 Å². The second-order valence-electron chi connectivity index (χ2n) is 4.79. The van der Waals surface area contributed by atoms with Gasteiger partial charge in [-0.3, -0.25) is 4.79 Å². The lowest BCUT2D eigenvalue weighted by Crippen LogP contribution is -2.17. The quantitative estimate of drug-likeness (QED) is 0.678. The summed E-state index contributed by atoms with van der Waals surface area (Å²) in [6.45, 7) is 2.00. The molecule has 0 saturated carbocycles. The second-order valence-corrected chi connectivity index (χ2v) is 7.22. The molecule has 0 aliphatic heterocycles. The van der Waals surface area contributed by atoms with E-state index in [-0.39, 0.29) is 28.6 Å². The van der Waals surface area contributed by atoms with Crippen LogP contribution in [0.2, 0.25) is 0 Å². The van der Waals surface area contributed by atoms with Crippen molar-refractivity contribution < 1.29 is 26.9 Å². The minimum Gasteiger partial charge on any atom is -0.497 e. The van der Waals surface area contributed by atoms with E-state index in [1.165, 1.54) is 37.4 Å². The van der Waals surface area contributed by atoms with Gasteiger partial charge in [0.05, 0.1) is 19.3 Å². The maximum absolute atomic E-state index is 12.7. The van der Waals surface area contributed by atoms with Crippen LogP contribution >= 0.6 is 15.9 Å². The molecule has 0 aliphatic rings. The van der Waals surface area contributed by atoms with E-state index in [0.29, 0.717) is 10.2 Å². The molecule has 2 rings (SSSR count). The van der Waals surface area contributed by atoms with Crippen LogP contribution in [0.3, 0.4) is 0 Å². The second kappa shape index (κ2) is 7.75. The zero-order valence-corrected chi connectivity index (χ0v) is 15.9. The molecule has 9 heteroatoms. The molecule has 2 aromatic rings. The van der Waals surface area contributed by atoms with Crippen molar-refractivity contribution in [2.75, 3.05) is 13.7 Å². The molecule has 134 valence electrons. The van der Waals surface area contributed by atoms with E-state index in [9.17, 15) is 13.2 Å². The maximum Gasteiger partial charge on any atom is 0.343 e. The largest absolute Gasteiger partial charge is 0.497 e. The standard InChI is InChI=1S/C16H16BrNO6S/c1-3-23-13-7-4-10(17)8-15(13)25(20,21)24-14-9-11(22-2)5-6-12(14)16(18)19/h4-9H,3H2,1-2H3,(H2,18,19). The van der Waals surface area contributed by atoms with Gasteiger partial charge in [0.2, 0.25) is 0 Å². The van der Waals surface area contributed by atoms with Crippen molar-refractivity contribution in [2.45, 2.75) is 11.8 Å². The summed E-state index contributed by atoms with van der Waals surface area (Å²) >= 11 is 3.22. The molecule has 2 N–H and O–H groups in total. The zero-order chi connectivity index (χ0) is 18.6. The summed E-state index contributed by atoms with van der Waals surface area (Å²) in [5.74, 6) is -0.606. The number of carbonyl (C=O) groups is 1. The normalized spacial score (nSPS) is 11.0. The summed E-state index contributed by atoms with van der Waals surface area (Å²) in [6.07, 6.45) is 0. The molecule has 0 radical (unpaired) electrons. The summed E-state index contributed by atoms with van der Waals surface area (Å²) in [7, 11) is -2.89. The number of nitrogens with two attached hydrogens (primary N) is 1. The first-order valence-corrected chi connectivity index (χ1v) is 9.33. The van der Waals surface area contributed by atoms with Gasteiger partial charge in [-0.05, 0) is 37.3 Å². The van der Waals surface area contributed by atoms with Crippen LogP contribution in [0.1, 0.15) is 17.3 Å². The van der Waals surface area contributed by atoms with E-state index in [0.717, 1.165) is 0 Å². The highest BCUT2D eigenvalue weighted by atomic mass is 79.9. The van der Waals surface area contributed by atoms with Crippen molar-refractivity contribution in [3.63, 3.8) is 0 Å². The molecule has 0 aromatic heterocycles. The molecular formula is C16H16BrNO6S. The van der Waals surface area contributed by atoms with Gasteiger partial charge in [-0.1, -0.05) is 15.9 Å². The first-order chi connectivity index (χ1) is 11.8. The maximum atomic E-state index is 12.7. The molecule has 7 nitrogen and oxygen atoms in total. The van der Waals surface area contributed by atoms with Crippen molar-refractivity contribution in [2.24, 2.45) is 5.73 Å². The molecule has 0 aliphatic carbocycles. The highest BCUT2D eigenvalue weighted by Gasteiger charge is 2.25. The summed E-state index contributed by atoms with van der Waals surface area (Å²) in [5.41, 5.74) is 5.19. The molecule has 0 saturated heterocycles. The van der Waals surface area contributed by atoms with Crippen LogP contribution in [-0.4, -0.2) is 28.0 Å². The Morgan fingerprint density at radius 2 is 1.88 bits per heavy atom. The summed E-state index contributed by atoms with van der Waals surface area (Å²) in [5, 5.41) is 0. The summed E-state index contributed by atoms with van der Waals surface area (Å²) < 4.78 is 41.5. The number of hydrogen-bond donors (Lipinski definition) is 1. The highest BCUT2D eigenvalue weighted by molar-refractivity contribution is 9.10. The summed E-state index contributed by atoms with van der Waals surface area (Å²) in [6, 6.07) is 8.58. The molecule has 2 aromatic carbocycles. The molecule has 0 atom stereocenters. The highest BCUT2D eigenvalue weighted by Crippen LogP contribution is 2.32. The van der Waals surface area contributed by atoms with Crippen molar-refractivity contribution >= 4 is 32.0 Å². The zero-order valence-electron chi connectivity index (χ0n) is 13.5. The lowest BCUT2D eigenvalue weighted by molar-refractivity contribution is 0.0999. The van der Waals surface area contributed by atoms with E-state index in [2.05, 4.69) is 15.9 Å².